The van der Waals surface area contributed by atoms with E-state index in [1.54, 1.807) is 93.6 Å². The molecule has 196 valence electrons. The van der Waals surface area contributed by atoms with Crippen LogP contribution in [-0.4, -0.2) is 30.6 Å². The third kappa shape index (κ3) is 8.88. The second kappa shape index (κ2) is 12.3. The van der Waals surface area contributed by atoms with Crippen molar-refractivity contribution in [3.8, 4) is 11.5 Å². The lowest BCUT2D eigenvalue weighted by atomic mass is 10.1. The number of amides is 3. The molecule has 3 aromatic rings. The number of benzene rings is 3. The minimum atomic E-state index is -4.03. The van der Waals surface area contributed by atoms with Crippen LogP contribution >= 0.6 is 7.60 Å². The molecule has 1 unspecified atom stereocenters. The first-order chi connectivity index (χ1) is 17.6. The largest absolute Gasteiger partial charge is 0.453 e. The van der Waals surface area contributed by atoms with Gasteiger partial charge in [-0.15, -0.1) is 0 Å². The molecule has 0 bridgehead atoms. The Morgan fingerprint density at radius 2 is 1.35 bits per heavy atom. The van der Waals surface area contributed by atoms with E-state index in [1.165, 1.54) is 7.05 Å². The monoisotopic (exact) mass is 525 g/mol. The zero-order valence-corrected chi connectivity index (χ0v) is 22.2. The summed E-state index contributed by atoms with van der Waals surface area (Å²) in [6, 6.07) is 23.6. The van der Waals surface area contributed by atoms with Gasteiger partial charge in [-0.05, 0) is 62.7 Å². The topological polar surface area (TPSA) is 115 Å². The molecule has 0 saturated carbocycles. The van der Waals surface area contributed by atoms with Crippen molar-refractivity contribution in [2.45, 2.75) is 38.6 Å². The van der Waals surface area contributed by atoms with Crippen molar-refractivity contribution in [1.82, 2.24) is 10.6 Å². The Kier molecular flexibility index (Phi) is 9.20. The van der Waals surface area contributed by atoms with E-state index in [0.717, 1.165) is 5.56 Å². The summed E-state index contributed by atoms with van der Waals surface area (Å²) in [5, 5.41) is 7.87. The van der Waals surface area contributed by atoms with E-state index in [-0.39, 0.29) is 6.42 Å². The van der Waals surface area contributed by atoms with Gasteiger partial charge in [0.05, 0.1) is 0 Å². The molecule has 3 N–H and O–H groups in total. The molecular formula is C27H32N3O6P. The maximum Gasteiger partial charge on any atom is 0.453 e. The highest BCUT2D eigenvalue weighted by molar-refractivity contribution is 7.55. The van der Waals surface area contributed by atoms with Gasteiger partial charge in [0.25, 0.3) is 0 Å². The Morgan fingerprint density at radius 1 is 0.838 bits per heavy atom. The first-order valence-corrected chi connectivity index (χ1v) is 13.3. The molecule has 0 heterocycles. The fourth-order valence-electron chi connectivity index (χ4n) is 3.24. The van der Waals surface area contributed by atoms with Crippen molar-refractivity contribution in [3.05, 3.63) is 90.5 Å². The molecule has 0 aliphatic rings. The smallest absolute Gasteiger partial charge is 0.444 e. The number of ether oxygens (including phenoxy) is 1. The minimum Gasteiger partial charge on any atom is -0.444 e. The van der Waals surface area contributed by atoms with Gasteiger partial charge in [-0.2, -0.15) is 0 Å². The average Bonchev–Trinajstić information content (AvgIpc) is 2.84. The Bertz CT molecular complexity index is 1170. The van der Waals surface area contributed by atoms with Crippen LogP contribution in [0.3, 0.4) is 0 Å². The lowest BCUT2D eigenvalue weighted by Crippen LogP contribution is -2.43. The van der Waals surface area contributed by atoms with Crippen molar-refractivity contribution in [2.24, 2.45) is 0 Å². The Labute approximate surface area is 217 Å². The Hall–Kier alpha value is -3.97. The molecule has 9 nitrogen and oxygen atoms in total. The third-order valence-electron chi connectivity index (χ3n) is 4.89. The highest BCUT2D eigenvalue weighted by atomic mass is 31.2. The molecule has 3 aromatic carbocycles. The fraction of sp³-hybridized carbons (Fsp3) is 0.259. The molecule has 0 spiro atoms. The standard InChI is InChI=1S/C27H32N3O6P/c1-27(2,3)34-26(32)29-21-17-15-20(16-18-21)19-24(30-25(31)28-4)37(33,35-22-11-7-5-8-12-22)36-23-13-9-6-10-14-23/h5-18,24H,19H2,1-4H3,(H,29,32)(H2,28,30,31). The molecular weight excluding hydrogens is 493 g/mol. The quantitative estimate of drug-likeness (QED) is 0.287. The summed E-state index contributed by atoms with van der Waals surface area (Å²) in [4.78, 5) is 24.4. The molecule has 0 fully saturated rings. The van der Waals surface area contributed by atoms with Crippen LogP contribution in [0.1, 0.15) is 26.3 Å². The SMILES string of the molecule is CNC(=O)NC(Cc1ccc(NC(=O)OC(C)(C)C)cc1)P(=O)(Oc1ccccc1)Oc1ccccc1. The van der Waals surface area contributed by atoms with E-state index < -0.39 is 31.1 Å². The van der Waals surface area contributed by atoms with Crippen LogP contribution in [0.5, 0.6) is 11.5 Å². The average molecular weight is 526 g/mol. The van der Waals surface area contributed by atoms with Crippen LogP contribution in [0.15, 0.2) is 84.9 Å². The molecule has 3 amide bonds. The summed E-state index contributed by atoms with van der Waals surface area (Å²) in [6.45, 7) is 5.34. The van der Waals surface area contributed by atoms with E-state index in [2.05, 4.69) is 16.0 Å². The van der Waals surface area contributed by atoms with Crippen LogP contribution in [0.2, 0.25) is 0 Å². The van der Waals surface area contributed by atoms with Crippen LogP contribution < -0.4 is 25.0 Å². The van der Waals surface area contributed by atoms with E-state index in [4.69, 9.17) is 13.8 Å². The van der Waals surface area contributed by atoms with E-state index in [0.29, 0.717) is 17.2 Å². The van der Waals surface area contributed by atoms with Crippen molar-refractivity contribution in [3.63, 3.8) is 0 Å². The van der Waals surface area contributed by atoms with Crippen molar-refractivity contribution >= 4 is 25.4 Å². The van der Waals surface area contributed by atoms with Crippen LogP contribution in [0, 0.1) is 0 Å². The van der Waals surface area contributed by atoms with Crippen molar-refractivity contribution < 1.29 is 27.9 Å². The second-order valence-corrected chi connectivity index (χ2v) is 11.2. The summed E-state index contributed by atoms with van der Waals surface area (Å²) in [7, 11) is -2.56. The van der Waals surface area contributed by atoms with Gasteiger partial charge in [-0.25, -0.2) is 14.2 Å². The van der Waals surface area contributed by atoms with Crippen molar-refractivity contribution in [2.75, 3.05) is 12.4 Å². The van der Waals surface area contributed by atoms with Gasteiger partial charge in [0, 0.05) is 19.2 Å². The molecule has 3 rings (SSSR count). The second-order valence-electron chi connectivity index (χ2n) is 9.12. The van der Waals surface area contributed by atoms with Gasteiger partial charge >= 0.3 is 19.7 Å². The molecule has 10 heteroatoms. The Morgan fingerprint density at radius 3 is 1.81 bits per heavy atom. The highest BCUT2D eigenvalue weighted by Crippen LogP contribution is 2.52. The fourth-order valence-corrected chi connectivity index (χ4v) is 5.07. The number of urea groups is 1. The molecule has 1 atom stereocenters. The molecule has 37 heavy (non-hydrogen) atoms. The van der Waals surface area contributed by atoms with Crippen LogP contribution in [0.4, 0.5) is 15.3 Å². The predicted octanol–water partition coefficient (Wildman–Crippen LogP) is 6.18. The first kappa shape index (κ1) is 27.6. The third-order valence-corrected chi connectivity index (χ3v) is 6.89. The van der Waals surface area contributed by atoms with Gasteiger partial charge in [0.1, 0.15) is 17.1 Å². The summed E-state index contributed by atoms with van der Waals surface area (Å²) in [5.74, 6) is -0.373. The maximum absolute atomic E-state index is 14.3. The van der Waals surface area contributed by atoms with Crippen LogP contribution in [-0.2, 0) is 15.7 Å². The van der Waals surface area contributed by atoms with Gasteiger partial charge in [-0.3, -0.25) is 5.32 Å². The number of carbonyl (C=O) groups excluding carboxylic acids is 2. The van der Waals surface area contributed by atoms with E-state index >= 15 is 0 Å². The maximum atomic E-state index is 14.3. The number of carbonyl (C=O) groups is 2. The zero-order chi connectivity index (χ0) is 26.9. The molecule has 0 aliphatic heterocycles. The number of nitrogens with one attached hydrogen (secondary N) is 3. The molecule has 0 aliphatic carbocycles. The predicted molar refractivity (Wildman–Crippen MR) is 143 cm³/mol. The van der Waals surface area contributed by atoms with Gasteiger partial charge in [0.15, 0.2) is 5.78 Å². The number of para-hydroxylation sites is 2. The van der Waals surface area contributed by atoms with Gasteiger partial charge in [0.2, 0.25) is 0 Å². The number of anilines is 1. The lowest BCUT2D eigenvalue weighted by Gasteiger charge is -2.28. The minimum absolute atomic E-state index is 0.122. The normalized spacial score (nSPS) is 12.1. The number of hydrogen-bond acceptors (Lipinski definition) is 6. The molecule has 0 radical (unpaired) electrons. The summed E-state index contributed by atoms with van der Waals surface area (Å²) in [5.41, 5.74) is 0.629. The number of hydrogen-bond donors (Lipinski definition) is 3. The van der Waals surface area contributed by atoms with Gasteiger partial charge < -0.3 is 24.4 Å². The number of rotatable bonds is 9. The summed E-state index contributed by atoms with van der Waals surface area (Å²) >= 11 is 0. The highest BCUT2D eigenvalue weighted by Gasteiger charge is 2.40. The van der Waals surface area contributed by atoms with E-state index in [9.17, 15) is 14.2 Å². The van der Waals surface area contributed by atoms with Gasteiger partial charge in [-0.1, -0.05) is 48.5 Å². The van der Waals surface area contributed by atoms with Crippen molar-refractivity contribution in [1.29, 1.82) is 0 Å². The van der Waals surface area contributed by atoms with E-state index in [1.807, 2.05) is 12.1 Å². The molecule has 0 aromatic heterocycles. The lowest BCUT2D eigenvalue weighted by molar-refractivity contribution is 0.0636. The summed E-state index contributed by atoms with van der Waals surface area (Å²) in [6.07, 6.45) is -0.451. The van der Waals surface area contributed by atoms with Crippen LogP contribution in [0.25, 0.3) is 0 Å². The first-order valence-electron chi connectivity index (χ1n) is 11.7. The molecule has 0 saturated heterocycles. The Balaban J connectivity index is 1.87. The summed E-state index contributed by atoms with van der Waals surface area (Å²) < 4.78 is 31.4. The zero-order valence-electron chi connectivity index (χ0n) is 21.3.